The molecule has 3 N–H and O–H groups in total. The molecule has 7 nitrogen and oxygen atoms in total. The Morgan fingerprint density at radius 1 is 1.07 bits per heavy atom. The topological polar surface area (TPSA) is 114 Å². The molecule has 2 heterocycles. The van der Waals surface area contributed by atoms with Crippen molar-refractivity contribution >= 4 is 23.5 Å². The molecule has 2 aromatic carbocycles. The van der Waals surface area contributed by atoms with Crippen LogP contribution in [-0.4, -0.2) is 28.9 Å². The van der Waals surface area contributed by atoms with Crippen LogP contribution in [0.4, 0.5) is 10.1 Å². The highest BCUT2D eigenvalue weighted by Crippen LogP contribution is 2.43. The summed E-state index contributed by atoms with van der Waals surface area (Å²) in [5.74, 6) is -5.67. The first-order valence-electron chi connectivity index (χ1n) is 8.37. The van der Waals surface area contributed by atoms with E-state index in [1.165, 1.54) is 29.6 Å². The number of nitrogens with two attached hydrogens (primary N) is 1. The molecule has 2 aliphatic heterocycles. The molecule has 0 bridgehead atoms. The van der Waals surface area contributed by atoms with E-state index in [1.807, 2.05) is 0 Å². The van der Waals surface area contributed by atoms with Crippen molar-refractivity contribution < 1.29 is 34.3 Å². The van der Waals surface area contributed by atoms with E-state index in [4.69, 9.17) is 0 Å². The molecule has 2 amide bonds. The van der Waals surface area contributed by atoms with Crippen LogP contribution in [0.3, 0.4) is 0 Å². The van der Waals surface area contributed by atoms with E-state index in [1.54, 1.807) is 18.2 Å². The van der Waals surface area contributed by atoms with Gasteiger partial charge in [-0.25, -0.2) is 9.29 Å². The Bertz CT molecular complexity index is 963. The number of benzene rings is 2. The second-order valence-electron chi connectivity index (χ2n) is 6.67. The molecule has 2 saturated heterocycles. The number of anilines is 1. The quantitative estimate of drug-likeness (QED) is 0.678. The summed E-state index contributed by atoms with van der Waals surface area (Å²) in [6.07, 6.45) is 0. The maximum Gasteiger partial charge on any atom is 0.244 e. The lowest BCUT2D eigenvalue weighted by atomic mass is 9.86. The molecule has 0 radical (unpaired) electrons. The van der Waals surface area contributed by atoms with Gasteiger partial charge in [-0.2, -0.15) is 0 Å². The van der Waals surface area contributed by atoms with Gasteiger partial charge in [0.2, 0.25) is 11.8 Å². The first kappa shape index (κ1) is 17.2. The van der Waals surface area contributed by atoms with Crippen LogP contribution in [0.25, 0.3) is 0 Å². The van der Waals surface area contributed by atoms with Crippen molar-refractivity contribution in [2.45, 2.75) is 12.1 Å². The Kier molecular flexibility index (Phi) is 3.92. The summed E-state index contributed by atoms with van der Waals surface area (Å²) in [5, 5.41) is 23.1. The van der Waals surface area contributed by atoms with Crippen LogP contribution in [0, 0.1) is 17.7 Å². The van der Waals surface area contributed by atoms with Crippen LogP contribution >= 0.6 is 0 Å². The van der Waals surface area contributed by atoms with E-state index in [-0.39, 0.29) is 11.4 Å². The van der Waals surface area contributed by atoms with Crippen LogP contribution in [0.2, 0.25) is 0 Å². The zero-order valence-corrected chi connectivity index (χ0v) is 13.9. The number of fused-ring (bicyclic) bond motifs is 1. The highest BCUT2D eigenvalue weighted by Gasteiger charge is 2.63. The fraction of sp³-hybridized carbons (Fsp3) is 0.211. The Morgan fingerprint density at radius 3 is 2.44 bits per heavy atom. The van der Waals surface area contributed by atoms with Gasteiger partial charge in [0.05, 0.1) is 11.3 Å². The number of nitrogens with zero attached hydrogens (tertiary/aromatic N) is 1. The lowest BCUT2D eigenvalue weighted by Crippen LogP contribution is -2.92. The largest absolute Gasteiger partial charge is 0.544 e. The molecule has 4 atom stereocenters. The predicted octanol–water partition coefficient (Wildman–Crippen LogP) is -0.926. The molecular formula is C19H15FN2O5. The van der Waals surface area contributed by atoms with Crippen molar-refractivity contribution in [1.82, 2.24) is 0 Å². The minimum absolute atomic E-state index is 0.0486. The number of hydrogen-bond donors (Lipinski definition) is 2. The Balaban J connectivity index is 1.80. The third-order valence-corrected chi connectivity index (χ3v) is 5.22. The van der Waals surface area contributed by atoms with Crippen molar-refractivity contribution in [2.75, 3.05) is 4.90 Å². The molecule has 27 heavy (non-hydrogen) atoms. The molecule has 4 rings (SSSR count). The number of carboxylic acid groups (broad SMARTS) is 1. The summed E-state index contributed by atoms with van der Waals surface area (Å²) in [6, 6.07) is 9.20. The molecule has 2 fully saturated rings. The van der Waals surface area contributed by atoms with Gasteiger partial charge in [-0.15, -0.1) is 0 Å². The maximum atomic E-state index is 13.6. The number of carbonyl (C=O) groups excluding carboxylic acids is 3. The number of hydrogen-bond acceptors (Lipinski definition) is 5. The number of rotatable bonds is 3. The first-order chi connectivity index (χ1) is 12.9. The lowest BCUT2D eigenvalue weighted by Gasteiger charge is -2.21. The normalized spacial score (nSPS) is 27.1. The zero-order chi connectivity index (χ0) is 19.3. The smallest absolute Gasteiger partial charge is 0.244 e. The fourth-order valence-electron chi connectivity index (χ4n) is 4.09. The number of phenols is 1. The summed E-state index contributed by atoms with van der Waals surface area (Å²) < 4.78 is 13.6. The molecule has 0 spiro atoms. The van der Waals surface area contributed by atoms with Crippen LogP contribution < -0.4 is 15.3 Å². The number of carboxylic acids is 1. The second kappa shape index (κ2) is 6.17. The fourth-order valence-corrected chi connectivity index (χ4v) is 4.09. The van der Waals surface area contributed by atoms with E-state index < -0.39 is 47.5 Å². The summed E-state index contributed by atoms with van der Waals surface area (Å²) in [4.78, 5) is 38.4. The minimum atomic E-state index is -1.47. The summed E-state index contributed by atoms with van der Waals surface area (Å²) in [6.45, 7) is 0. The average Bonchev–Trinajstić information content (AvgIpc) is 3.13. The molecule has 138 valence electrons. The molecule has 0 saturated carbocycles. The molecule has 2 aliphatic rings. The molecule has 0 aliphatic carbocycles. The molecular weight excluding hydrogens is 355 g/mol. The van der Waals surface area contributed by atoms with E-state index in [2.05, 4.69) is 0 Å². The van der Waals surface area contributed by atoms with Crippen molar-refractivity contribution in [2.24, 2.45) is 11.8 Å². The highest BCUT2D eigenvalue weighted by atomic mass is 19.1. The monoisotopic (exact) mass is 370 g/mol. The van der Waals surface area contributed by atoms with Gasteiger partial charge in [-0.05, 0) is 30.3 Å². The van der Waals surface area contributed by atoms with Crippen molar-refractivity contribution in [3.63, 3.8) is 0 Å². The number of imide groups is 1. The van der Waals surface area contributed by atoms with Gasteiger partial charge in [0.25, 0.3) is 0 Å². The van der Waals surface area contributed by atoms with Gasteiger partial charge in [-0.1, -0.05) is 18.2 Å². The van der Waals surface area contributed by atoms with Crippen molar-refractivity contribution in [3.8, 4) is 5.75 Å². The third kappa shape index (κ3) is 2.57. The third-order valence-electron chi connectivity index (χ3n) is 5.22. The SMILES string of the molecule is O=C([O-])[C@@H]1[NH2+][C@@H](c2ccccc2O)[C@@H]2C(=O)N(c3cccc(F)c3)C(=O)[C@@H]21. The number of quaternary nitrogens is 1. The number of amides is 2. The summed E-state index contributed by atoms with van der Waals surface area (Å²) in [5.41, 5.74) is 0.408. The zero-order valence-electron chi connectivity index (χ0n) is 13.9. The minimum Gasteiger partial charge on any atom is -0.544 e. The first-order valence-corrected chi connectivity index (χ1v) is 8.37. The molecule has 2 aromatic rings. The number of phenolic OH excluding ortho intramolecular Hbond substituents is 1. The molecule has 8 heteroatoms. The van der Waals surface area contributed by atoms with Crippen LogP contribution in [0.5, 0.6) is 5.75 Å². The standard InChI is InChI=1S/C19H15FN2O5/c20-9-4-3-5-10(8-9)22-17(24)13-14(18(22)25)16(19(26)27)21-15(13)11-6-1-2-7-12(11)23/h1-8,13-16,21,23H,(H,26,27)/t13-,14+,15+,16-/m1/s1. The molecule has 0 unspecified atom stereocenters. The van der Waals surface area contributed by atoms with E-state index in [9.17, 15) is 29.0 Å². The van der Waals surface area contributed by atoms with Gasteiger partial charge >= 0.3 is 0 Å². The van der Waals surface area contributed by atoms with Gasteiger partial charge in [0.15, 0.2) is 0 Å². The lowest BCUT2D eigenvalue weighted by molar-refractivity contribution is -0.705. The van der Waals surface area contributed by atoms with Crippen molar-refractivity contribution in [1.29, 1.82) is 0 Å². The van der Waals surface area contributed by atoms with Gasteiger partial charge in [-0.3, -0.25) is 9.59 Å². The van der Waals surface area contributed by atoms with Gasteiger partial charge in [0, 0.05) is 0 Å². The van der Waals surface area contributed by atoms with Crippen LogP contribution in [-0.2, 0) is 14.4 Å². The second-order valence-corrected chi connectivity index (χ2v) is 6.67. The highest BCUT2D eigenvalue weighted by molar-refractivity contribution is 6.23. The Labute approximate surface area is 153 Å². The number of aliphatic carboxylic acids is 1. The summed E-state index contributed by atoms with van der Waals surface area (Å²) in [7, 11) is 0. The maximum absolute atomic E-state index is 13.6. The van der Waals surface area contributed by atoms with Gasteiger partial charge < -0.3 is 20.3 Å². The summed E-state index contributed by atoms with van der Waals surface area (Å²) >= 11 is 0. The van der Waals surface area contributed by atoms with Crippen molar-refractivity contribution in [3.05, 3.63) is 59.9 Å². The van der Waals surface area contributed by atoms with E-state index in [0.717, 1.165) is 11.0 Å². The predicted molar refractivity (Wildman–Crippen MR) is 87.4 cm³/mol. The number of para-hydroxylation sites is 1. The Hall–Kier alpha value is -3.26. The average molecular weight is 370 g/mol. The number of halogens is 1. The Morgan fingerprint density at radius 2 is 1.78 bits per heavy atom. The van der Waals surface area contributed by atoms with E-state index in [0.29, 0.717) is 5.56 Å². The number of aromatic hydroxyl groups is 1. The molecule has 0 aromatic heterocycles. The van der Waals surface area contributed by atoms with Crippen LogP contribution in [0.1, 0.15) is 11.6 Å². The number of carbonyl (C=O) groups is 3. The van der Waals surface area contributed by atoms with E-state index >= 15 is 0 Å². The van der Waals surface area contributed by atoms with Crippen LogP contribution in [0.15, 0.2) is 48.5 Å². The van der Waals surface area contributed by atoms with Gasteiger partial charge in [0.1, 0.15) is 41.5 Å².